The predicted octanol–water partition coefficient (Wildman–Crippen LogP) is 1.75. The Kier molecular flexibility index (Phi) is 7.74. The molecule has 0 rings (SSSR count). The van der Waals surface area contributed by atoms with E-state index in [4.69, 9.17) is 0 Å². The lowest BCUT2D eigenvalue weighted by atomic mass is 10.2. The number of carbonyl (C=O) groups excluding carboxylic acids is 1. The fraction of sp³-hybridized carbons (Fsp3) is 0.545. The largest absolute Gasteiger partial charge is 0.456 e. The van der Waals surface area contributed by atoms with E-state index in [1.807, 2.05) is 0 Å². The highest BCUT2D eigenvalue weighted by Crippen LogP contribution is 1.89. The third kappa shape index (κ3) is 8.50. The summed E-state index contributed by atoms with van der Waals surface area (Å²) in [6, 6.07) is 0. The summed E-state index contributed by atoms with van der Waals surface area (Å²) < 4.78 is 4.59. The molecule has 2 nitrogen and oxygen atoms in total. The Hall–Kier alpha value is -1.41. The van der Waals surface area contributed by atoms with Crippen molar-refractivity contribution in [1.82, 2.24) is 0 Å². The molecule has 0 aromatic heterocycles. The molecule has 0 radical (unpaired) electrons. The first-order valence-corrected chi connectivity index (χ1v) is 4.46. The van der Waals surface area contributed by atoms with Crippen LogP contribution in [0.15, 0.2) is 0 Å². The van der Waals surface area contributed by atoms with Gasteiger partial charge >= 0.3 is 5.97 Å². The molecule has 0 heterocycles. The number of ether oxygens (including phenoxy) is 1. The normalized spacial score (nSPS) is 7.54. The highest BCUT2D eigenvalue weighted by molar-refractivity contribution is 5.89. The molecule has 0 saturated carbocycles. The molecule has 0 N–H and O–H groups in total. The highest BCUT2D eigenvalue weighted by atomic mass is 16.5. The average molecular weight is 178 g/mol. The molecule has 0 aliphatic heterocycles. The predicted molar refractivity (Wildman–Crippen MR) is 51.7 cm³/mol. The number of unbranched alkanes of at least 4 members (excludes halogenated alkanes) is 2. The molecule has 0 aromatic rings. The van der Waals surface area contributed by atoms with Crippen LogP contribution < -0.4 is 0 Å². The zero-order valence-corrected chi connectivity index (χ0v) is 8.14. The molecule has 0 aliphatic carbocycles. The van der Waals surface area contributed by atoms with Crippen molar-refractivity contribution in [2.75, 3.05) is 6.61 Å². The van der Waals surface area contributed by atoms with Gasteiger partial charge in [0.15, 0.2) is 0 Å². The molecule has 70 valence electrons. The van der Waals surface area contributed by atoms with Crippen molar-refractivity contribution >= 4 is 5.97 Å². The van der Waals surface area contributed by atoms with Gasteiger partial charge in [-0.15, -0.1) is 0 Å². The number of esters is 1. The SMILES string of the molecule is CCCCC#CC#CC(=O)OCC. The Morgan fingerprint density at radius 2 is 2.08 bits per heavy atom. The van der Waals surface area contributed by atoms with Crippen LogP contribution in [-0.2, 0) is 9.53 Å². The minimum absolute atomic E-state index is 0.358. The molecule has 0 bridgehead atoms. The van der Waals surface area contributed by atoms with E-state index in [1.165, 1.54) is 0 Å². The summed E-state index contributed by atoms with van der Waals surface area (Å²) in [5.74, 6) is 9.66. The highest BCUT2D eigenvalue weighted by Gasteiger charge is 1.89. The van der Waals surface area contributed by atoms with E-state index >= 15 is 0 Å². The molecule has 0 unspecified atom stereocenters. The summed E-state index contributed by atoms with van der Waals surface area (Å²) >= 11 is 0. The van der Waals surface area contributed by atoms with Crippen molar-refractivity contribution in [1.29, 1.82) is 0 Å². The molecule has 0 aromatic carbocycles. The van der Waals surface area contributed by atoms with Crippen LogP contribution in [0.1, 0.15) is 33.1 Å². The van der Waals surface area contributed by atoms with Gasteiger partial charge in [-0.25, -0.2) is 4.79 Å². The minimum atomic E-state index is -0.507. The van der Waals surface area contributed by atoms with Crippen LogP contribution in [0, 0.1) is 23.7 Å². The smallest absolute Gasteiger partial charge is 0.385 e. The minimum Gasteiger partial charge on any atom is -0.456 e. The van der Waals surface area contributed by atoms with Gasteiger partial charge in [-0.3, -0.25) is 0 Å². The second kappa shape index (κ2) is 8.68. The standard InChI is InChI=1S/C11H14O2/c1-3-5-6-7-8-9-10-11(12)13-4-2/h3-6H2,1-2H3. The Bertz CT molecular complexity index is 257. The monoisotopic (exact) mass is 178 g/mol. The van der Waals surface area contributed by atoms with Gasteiger partial charge in [0.25, 0.3) is 0 Å². The van der Waals surface area contributed by atoms with Gasteiger partial charge < -0.3 is 4.74 Å². The van der Waals surface area contributed by atoms with Crippen LogP contribution in [0.3, 0.4) is 0 Å². The van der Waals surface area contributed by atoms with E-state index in [0.717, 1.165) is 19.3 Å². The second-order valence-corrected chi connectivity index (χ2v) is 2.38. The molecule has 0 aliphatic rings. The maximum atomic E-state index is 10.7. The topological polar surface area (TPSA) is 26.3 Å². The summed E-state index contributed by atoms with van der Waals surface area (Å²) in [5.41, 5.74) is 0. The lowest BCUT2D eigenvalue weighted by molar-refractivity contribution is -0.136. The van der Waals surface area contributed by atoms with Crippen molar-refractivity contribution in [3.05, 3.63) is 0 Å². The van der Waals surface area contributed by atoms with Gasteiger partial charge in [-0.05, 0) is 25.2 Å². The molecular weight excluding hydrogens is 164 g/mol. The fourth-order valence-electron chi connectivity index (χ4n) is 0.621. The number of rotatable bonds is 3. The lowest BCUT2D eigenvalue weighted by Gasteiger charge is -1.89. The molecule has 0 saturated heterocycles. The maximum Gasteiger partial charge on any atom is 0.385 e. The van der Waals surface area contributed by atoms with Crippen LogP contribution >= 0.6 is 0 Å². The van der Waals surface area contributed by atoms with Gasteiger partial charge in [0.2, 0.25) is 0 Å². The Morgan fingerprint density at radius 3 is 2.69 bits per heavy atom. The number of hydrogen-bond donors (Lipinski definition) is 0. The van der Waals surface area contributed by atoms with E-state index in [9.17, 15) is 4.79 Å². The first kappa shape index (κ1) is 11.6. The van der Waals surface area contributed by atoms with Gasteiger partial charge in [-0.1, -0.05) is 19.3 Å². The molecule has 0 amide bonds. The van der Waals surface area contributed by atoms with Gasteiger partial charge in [-0.2, -0.15) is 0 Å². The molecule has 0 spiro atoms. The quantitative estimate of drug-likeness (QED) is 0.285. The molecule has 0 fully saturated rings. The van der Waals surface area contributed by atoms with E-state index in [1.54, 1.807) is 6.92 Å². The van der Waals surface area contributed by atoms with Crippen molar-refractivity contribution in [2.24, 2.45) is 0 Å². The number of hydrogen-bond acceptors (Lipinski definition) is 2. The van der Waals surface area contributed by atoms with E-state index < -0.39 is 5.97 Å². The molecule has 13 heavy (non-hydrogen) atoms. The van der Waals surface area contributed by atoms with Crippen LogP contribution in [0.25, 0.3) is 0 Å². The molecular formula is C11H14O2. The third-order valence-corrected chi connectivity index (χ3v) is 1.25. The Balaban J connectivity index is 3.68. The third-order valence-electron chi connectivity index (χ3n) is 1.25. The second-order valence-electron chi connectivity index (χ2n) is 2.38. The van der Waals surface area contributed by atoms with E-state index in [-0.39, 0.29) is 0 Å². The van der Waals surface area contributed by atoms with Crippen molar-refractivity contribution in [3.8, 4) is 23.7 Å². The Morgan fingerprint density at radius 1 is 1.31 bits per heavy atom. The van der Waals surface area contributed by atoms with Gasteiger partial charge in [0.05, 0.1) is 6.61 Å². The van der Waals surface area contributed by atoms with E-state index in [0.29, 0.717) is 6.61 Å². The summed E-state index contributed by atoms with van der Waals surface area (Å²) in [7, 11) is 0. The van der Waals surface area contributed by atoms with Crippen LogP contribution in [-0.4, -0.2) is 12.6 Å². The van der Waals surface area contributed by atoms with Crippen molar-refractivity contribution in [3.63, 3.8) is 0 Å². The molecule has 0 atom stereocenters. The first-order valence-electron chi connectivity index (χ1n) is 4.46. The number of carbonyl (C=O) groups is 1. The summed E-state index contributed by atoms with van der Waals surface area (Å²) in [6.45, 7) is 4.20. The van der Waals surface area contributed by atoms with Crippen LogP contribution in [0.5, 0.6) is 0 Å². The summed E-state index contributed by atoms with van der Waals surface area (Å²) in [6.07, 6.45) is 3.04. The van der Waals surface area contributed by atoms with E-state index in [2.05, 4.69) is 35.3 Å². The zero-order chi connectivity index (χ0) is 9.94. The Labute approximate surface area is 79.7 Å². The van der Waals surface area contributed by atoms with Gasteiger partial charge in [0, 0.05) is 12.3 Å². The molecule has 2 heteroatoms. The van der Waals surface area contributed by atoms with Crippen molar-refractivity contribution < 1.29 is 9.53 Å². The lowest BCUT2D eigenvalue weighted by Crippen LogP contribution is -1.99. The van der Waals surface area contributed by atoms with Crippen molar-refractivity contribution in [2.45, 2.75) is 33.1 Å². The maximum absolute atomic E-state index is 10.7. The van der Waals surface area contributed by atoms with Crippen LogP contribution in [0.4, 0.5) is 0 Å². The summed E-state index contributed by atoms with van der Waals surface area (Å²) in [4.78, 5) is 10.7. The average Bonchev–Trinajstić information content (AvgIpc) is 2.11. The zero-order valence-electron chi connectivity index (χ0n) is 8.14. The first-order chi connectivity index (χ1) is 6.31. The van der Waals surface area contributed by atoms with Crippen LogP contribution in [0.2, 0.25) is 0 Å². The van der Waals surface area contributed by atoms with Gasteiger partial charge in [0.1, 0.15) is 0 Å². The fourth-order valence-corrected chi connectivity index (χ4v) is 0.621. The summed E-state index contributed by atoms with van der Waals surface area (Å²) in [5, 5.41) is 0.